The van der Waals surface area contributed by atoms with Gasteiger partial charge in [0.05, 0.1) is 25.0 Å². The van der Waals surface area contributed by atoms with Gasteiger partial charge >= 0.3 is 11.9 Å². The molecule has 30 heavy (non-hydrogen) atoms. The zero-order chi connectivity index (χ0) is 22.1. The lowest BCUT2D eigenvalue weighted by Crippen LogP contribution is -2.34. The zero-order valence-corrected chi connectivity index (χ0v) is 16.3. The van der Waals surface area contributed by atoms with Crippen molar-refractivity contribution in [1.82, 2.24) is 15.1 Å². The number of rotatable bonds is 9. The maximum Gasteiger partial charge on any atom is 0.362 e. The number of hydrogen-bond acceptors (Lipinski definition) is 8. The lowest BCUT2D eigenvalue weighted by Gasteiger charge is -2.12. The van der Waals surface area contributed by atoms with Gasteiger partial charge in [-0.15, -0.1) is 0 Å². The predicted molar refractivity (Wildman–Crippen MR) is 101 cm³/mol. The van der Waals surface area contributed by atoms with E-state index in [-0.39, 0.29) is 36.9 Å². The fraction of sp³-hybridized carbons (Fsp3) is 0.316. The third-order valence-corrected chi connectivity index (χ3v) is 3.53. The number of ether oxygens (including phenoxy) is 3. The van der Waals surface area contributed by atoms with Gasteiger partial charge in [0.25, 0.3) is 11.5 Å². The third-order valence-electron chi connectivity index (χ3n) is 3.53. The molecule has 0 saturated carbocycles. The molecule has 2 aromatic rings. The Balaban J connectivity index is 2.23. The Kier molecular flexibility index (Phi) is 8.03. The van der Waals surface area contributed by atoms with Gasteiger partial charge in [0, 0.05) is 0 Å². The summed E-state index contributed by atoms with van der Waals surface area (Å²) in [5, 5.41) is 6.22. The van der Waals surface area contributed by atoms with Crippen LogP contribution < -0.4 is 15.6 Å². The van der Waals surface area contributed by atoms with Crippen LogP contribution in [0, 0.1) is 5.82 Å². The molecule has 1 aromatic heterocycles. The number of carbonyl (C=O) groups excluding carboxylic acids is 3. The van der Waals surface area contributed by atoms with Crippen LogP contribution in [-0.2, 0) is 19.1 Å². The molecule has 0 saturated heterocycles. The molecule has 0 radical (unpaired) electrons. The second kappa shape index (κ2) is 10.7. The van der Waals surface area contributed by atoms with E-state index in [0.29, 0.717) is 0 Å². The van der Waals surface area contributed by atoms with Crippen LogP contribution in [0.3, 0.4) is 0 Å². The summed E-state index contributed by atoms with van der Waals surface area (Å²) in [6.07, 6.45) is 0. The minimum Gasteiger partial charge on any atom is -0.481 e. The van der Waals surface area contributed by atoms with E-state index >= 15 is 0 Å². The molecule has 1 aromatic carbocycles. The molecule has 1 N–H and O–H groups in total. The van der Waals surface area contributed by atoms with Crippen LogP contribution in [0.1, 0.15) is 24.3 Å². The molecule has 0 fully saturated rings. The fourth-order valence-electron chi connectivity index (χ4n) is 2.24. The van der Waals surface area contributed by atoms with E-state index in [9.17, 15) is 23.6 Å². The van der Waals surface area contributed by atoms with Gasteiger partial charge in [-0.25, -0.2) is 9.18 Å². The van der Waals surface area contributed by atoms with E-state index in [1.807, 2.05) is 0 Å². The van der Waals surface area contributed by atoms with Gasteiger partial charge in [0.2, 0.25) is 5.69 Å². The maximum absolute atomic E-state index is 13.1. The Labute approximate surface area is 170 Å². The van der Waals surface area contributed by atoms with Gasteiger partial charge < -0.3 is 19.5 Å². The van der Waals surface area contributed by atoms with Crippen molar-refractivity contribution in [2.75, 3.05) is 26.4 Å². The molecule has 0 unspecified atom stereocenters. The minimum absolute atomic E-state index is 0.0374. The predicted octanol–water partition coefficient (Wildman–Crippen LogP) is 0.606. The summed E-state index contributed by atoms with van der Waals surface area (Å²) >= 11 is 0. The molecule has 1 amide bonds. The van der Waals surface area contributed by atoms with Crippen LogP contribution in [-0.4, -0.2) is 54.0 Å². The number of aromatic nitrogens is 2. The standard InChI is InChI=1S/C19H20FN3O7/c1-3-28-17(26)10-21-15(24)11-30-14-9-16(25)23(13-7-5-12(20)6-8-13)22-18(14)19(27)29-4-2/h5-9H,3-4,10-11H2,1-2H3,(H,21,24). The van der Waals surface area contributed by atoms with Gasteiger partial charge in [-0.05, 0) is 38.1 Å². The van der Waals surface area contributed by atoms with E-state index in [4.69, 9.17) is 9.47 Å². The Morgan fingerprint density at radius 2 is 1.77 bits per heavy atom. The number of nitrogens with one attached hydrogen (secondary N) is 1. The van der Waals surface area contributed by atoms with E-state index in [1.165, 1.54) is 12.1 Å². The summed E-state index contributed by atoms with van der Waals surface area (Å²) < 4.78 is 28.9. The summed E-state index contributed by atoms with van der Waals surface area (Å²) in [6, 6.07) is 5.84. The summed E-state index contributed by atoms with van der Waals surface area (Å²) in [5.41, 5.74) is -0.818. The maximum atomic E-state index is 13.1. The highest BCUT2D eigenvalue weighted by atomic mass is 19.1. The Morgan fingerprint density at radius 1 is 1.10 bits per heavy atom. The second-order valence-electron chi connectivity index (χ2n) is 5.67. The third kappa shape index (κ3) is 6.12. The summed E-state index contributed by atoms with van der Waals surface area (Å²) in [4.78, 5) is 47.7. The Morgan fingerprint density at radius 3 is 2.40 bits per heavy atom. The normalized spacial score (nSPS) is 10.2. The molecule has 11 heteroatoms. The zero-order valence-electron chi connectivity index (χ0n) is 16.3. The van der Waals surface area contributed by atoms with Crippen molar-refractivity contribution in [1.29, 1.82) is 0 Å². The first kappa shape index (κ1) is 22.5. The van der Waals surface area contributed by atoms with Crippen molar-refractivity contribution in [3.63, 3.8) is 0 Å². The van der Waals surface area contributed by atoms with Crippen molar-refractivity contribution in [2.24, 2.45) is 0 Å². The van der Waals surface area contributed by atoms with Crippen molar-refractivity contribution in [3.8, 4) is 11.4 Å². The number of nitrogens with zero attached hydrogens (tertiary/aromatic N) is 2. The van der Waals surface area contributed by atoms with E-state index in [2.05, 4.69) is 15.2 Å². The number of halogens is 1. The van der Waals surface area contributed by atoms with Gasteiger partial charge in [-0.1, -0.05) is 0 Å². The van der Waals surface area contributed by atoms with Crippen LogP contribution in [0.2, 0.25) is 0 Å². The van der Waals surface area contributed by atoms with Crippen LogP contribution in [0.25, 0.3) is 5.69 Å². The largest absolute Gasteiger partial charge is 0.481 e. The molecule has 2 rings (SSSR count). The van der Waals surface area contributed by atoms with E-state index in [1.54, 1.807) is 13.8 Å². The van der Waals surface area contributed by atoms with Crippen LogP contribution in [0.5, 0.6) is 5.75 Å². The SMILES string of the molecule is CCOC(=O)CNC(=O)COc1cc(=O)n(-c2ccc(F)cc2)nc1C(=O)OCC. The molecule has 0 atom stereocenters. The van der Waals surface area contributed by atoms with Crippen LogP contribution in [0.15, 0.2) is 35.1 Å². The smallest absolute Gasteiger partial charge is 0.362 e. The minimum atomic E-state index is -0.879. The quantitative estimate of drug-likeness (QED) is 0.584. The average Bonchev–Trinajstić information content (AvgIpc) is 2.72. The fourth-order valence-corrected chi connectivity index (χ4v) is 2.24. The first-order chi connectivity index (χ1) is 14.3. The molecular formula is C19H20FN3O7. The van der Waals surface area contributed by atoms with Crippen LogP contribution in [0.4, 0.5) is 4.39 Å². The Bertz CT molecular complexity index is 973. The topological polar surface area (TPSA) is 126 Å². The van der Waals surface area contributed by atoms with Crippen LogP contribution >= 0.6 is 0 Å². The number of amides is 1. The summed E-state index contributed by atoms with van der Waals surface area (Å²) in [5.74, 6) is -2.97. The molecule has 0 spiro atoms. The highest BCUT2D eigenvalue weighted by molar-refractivity contribution is 5.90. The molecule has 0 aliphatic heterocycles. The van der Waals surface area contributed by atoms with Gasteiger partial charge in [-0.2, -0.15) is 9.78 Å². The van der Waals surface area contributed by atoms with Crippen molar-refractivity contribution >= 4 is 17.8 Å². The van der Waals surface area contributed by atoms with E-state index in [0.717, 1.165) is 22.9 Å². The Hall–Kier alpha value is -3.76. The molecule has 0 aliphatic rings. The van der Waals surface area contributed by atoms with Gasteiger partial charge in [-0.3, -0.25) is 14.4 Å². The highest BCUT2D eigenvalue weighted by Crippen LogP contribution is 2.16. The molecule has 0 aliphatic carbocycles. The van der Waals surface area contributed by atoms with E-state index < -0.39 is 35.8 Å². The lowest BCUT2D eigenvalue weighted by molar-refractivity contribution is -0.143. The number of carbonyl (C=O) groups is 3. The monoisotopic (exact) mass is 421 g/mol. The van der Waals surface area contributed by atoms with Gasteiger partial charge in [0.15, 0.2) is 12.4 Å². The molecule has 10 nitrogen and oxygen atoms in total. The number of esters is 2. The molecular weight excluding hydrogens is 401 g/mol. The number of benzene rings is 1. The first-order valence-electron chi connectivity index (χ1n) is 8.98. The van der Waals surface area contributed by atoms with Crippen molar-refractivity contribution < 1.29 is 33.0 Å². The summed E-state index contributed by atoms with van der Waals surface area (Å²) in [6.45, 7) is 2.47. The summed E-state index contributed by atoms with van der Waals surface area (Å²) in [7, 11) is 0. The van der Waals surface area contributed by atoms with Gasteiger partial charge in [0.1, 0.15) is 12.4 Å². The highest BCUT2D eigenvalue weighted by Gasteiger charge is 2.20. The molecule has 1 heterocycles. The second-order valence-corrected chi connectivity index (χ2v) is 5.67. The molecule has 160 valence electrons. The first-order valence-corrected chi connectivity index (χ1v) is 8.98. The number of hydrogen-bond donors (Lipinski definition) is 1. The average molecular weight is 421 g/mol. The lowest BCUT2D eigenvalue weighted by atomic mass is 10.3. The van der Waals surface area contributed by atoms with Crippen molar-refractivity contribution in [3.05, 3.63) is 52.2 Å². The molecule has 0 bridgehead atoms. The van der Waals surface area contributed by atoms with Crippen molar-refractivity contribution in [2.45, 2.75) is 13.8 Å².